The number of rotatable bonds is 5. The van der Waals surface area contributed by atoms with Crippen LogP contribution in [0.3, 0.4) is 0 Å². The molecule has 1 aromatic carbocycles. The fraction of sp³-hybridized carbons (Fsp3) is 0.444. The summed E-state index contributed by atoms with van der Waals surface area (Å²) in [5, 5.41) is 0. The molecule has 1 aromatic heterocycles. The molecule has 2 aliphatic rings. The van der Waals surface area contributed by atoms with Crippen LogP contribution in [0.5, 0.6) is 11.5 Å². The first kappa shape index (κ1) is 16.0. The number of carbonyl (C=O) groups excluding carboxylic acids is 1. The highest BCUT2D eigenvalue weighted by molar-refractivity contribution is 5.76. The van der Waals surface area contributed by atoms with Crippen molar-refractivity contribution in [2.24, 2.45) is 0 Å². The minimum Gasteiger partial charge on any atom is -0.454 e. The lowest BCUT2D eigenvalue weighted by Crippen LogP contribution is -2.48. The Morgan fingerprint density at radius 1 is 1.16 bits per heavy atom. The summed E-state index contributed by atoms with van der Waals surface area (Å²) in [5.74, 6) is 1.86. The summed E-state index contributed by atoms with van der Waals surface area (Å²) in [5.41, 5.74) is 2.22. The van der Waals surface area contributed by atoms with Crippen molar-refractivity contribution in [1.82, 2.24) is 19.8 Å². The van der Waals surface area contributed by atoms with Gasteiger partial charge in [-0.25, -0.2) is 4.98 Å². The maximum atomic E-state index is 12.3. The lowest BCUT2D eigenvalue weighted by atomic mass is 10.1. The largest absolute Gasteiger partial charge is 0.454 e. The molecule has 3 heterocycles. The van der Waals surface area contributed by atoms with Crippen LogP contribution in [0.4, 0.5) is 0 Å². The molecule has 1 fully saturated rings. The Bertz CT molecular complexity index is 724. The number of nitrogens with zero attached hydrogens (tertiary/aromatic N) is 3. The normalized spacial score (nSPS) is 17.0. The quantitative estimate of drug-likeness (QED) is 0.890. The summed E-state index contributed by atoms with van der Waals surface area (Å²) >= 11 is 0. The Morgan fingerprint density at radius 3 is 2.80 bits per heavy atom. The summed E-state index contributed by atoms with van der Waals surface area (Å²) in [4.78, 5) is 23.7. The van der Waals surface area contributed by atoms with Gasteiger partial charge in [0.2, 0.25) is 12.7 Å². The Balaban J connectivity index is 1.24. The van der Waals surface area contributed by atoms with E-state index in [1.54, 1.807) is 12.5 Å². The zero-order chi connectivity index (χ0) is 17.1. The van der Waals surface area contributed by atoms with E-state index in [-0.39, 0.29) is 5.91 Å². The first-order valence-electron chi connectivity index (χ1n) is 8.64. The van der Waals surface area contributed by atoms with E-state index in [0.717, 1.165) is 56.3 Å². The first-order valence-corrected chi connectivity index (χ1v) is 8.64. The van der Waals surface area contributed by atoms with Gasteiger partial charge in [-0.2, -0.15) is 0 Å². The number of imidazole rings is 1. The molecule has 0 spiro atoms. The van der Waals surface area contributed by atoms with E-state index in [2.05, 4.69) is 20.9 Å². The molecule has 2 aromatic rings. The molecule has 1 amide bonds. The Hall–Kier alpha value is -2.54. The van der Waals surface area contributed by atoms with Gasteiger partial charge in [0.15, 0.2) is 11.5 Å². The SMILES string of the molecule is O=C(CCc1cnc[nH]1)N1CCN(Cc2ccc3c(c2)OCO3)CC1. The van der Waals surface area contributed by atoms with Gasteiger partial charge in [0.25, 0.3) is 0 Å². The van der Waals surface area contributed by atoms with Gasteiger partial charge in [-0.05, 0) is 24.1 Å². The number of H-pyrrole nitrogens is 1. The number of benzene rings is 1. The second kappa shape index (κ2) is 7.14. The maximum Gasteiger partial charge on any atom is 0.231 e. The topological polar surface area (TPSA) is 70.7 Å². The number of nitrogens with one attached hydrogen (secondary N) is 1. The lowest BCUT2D eigenvalue weighted by Gasteiger charge is -2.34. The molecule has 0 atom stereocenters. The average Bonchev–Trinajstić information content (AvgIpc) is 3.31. The molecule has 0 radical (unpaired) electrons. The third-order valence-corrected chi connectivity index (χ3v) is 4.73. The predicted octanol–water partition coefficient (Wildman–Crippen LogP) is 1.42. The molecule has 0 bridgehead atoms. The lowest BCUT2D eigenvalue weighted by molar-refractivity contribution is -0.133. The van der Waals surface area contributed by atoms with E-state index < -0.39 is 0 Å². The first-order chi connectivity index (χ1) is 12.3. The van der Waals surface area contributed by atoms with Crippen LogP contribution in [0.25, 0.3) is 0 Å². The highest BCUT2D eigenvalue weighted by Gasteiger charge is 2.21. The van der Waals surface area contributed by atoms with Crippen molar-refractivity contribution in [3.8, 4) is 11.5 Å². The number of ether oxygens (including phenoxy) is 2. The third kappa shape index (κ3) is 3.76. The van der Waals surface area contributed by atoms with Crippen LogP contribution < -0.4 is 9.47 Å². The predicted molar refractivity (Wildman–Crippen MR) is 91.3 cm³/mol. The minimum absolute atomic E-state index is 0.220. The monoisotopic (exact) mass is 342 g/mol. The maximum absolute atomic E-state index is 12.3. The number of piperazine rings is 1. The molecule has 0 saturated carbocycles. The number of hydrogen-bond donors (Lipinski definition) is 1. The van der Waals surface area contributed by atoms with Gasteiger partial charge < -0.3 is 19.4 Å². The molecule has 25 heavy (non-hydrogen) atoms. The molecule has 1 saturated heterocycles. The van der Waals surface area contributed by atoms with Crippen molar-refractivity contribution in [3.63, 3.8) is 0 Å². The minimum atomic E-state index is 0.220. The highest BCUT2D eigenvalue weighted by atomic mass is 16.7. The van der Waals surface area contributed by atoms with Gasteiger partial charge in [0, 0.05) is 51.0 Å². The van der Waals surface area contributed by atoms with Gasteiger partial charge in [-0.3, -0.25) is 9.69 Å². The van der Waals surface area contributed by atoms with Crippen LogP contribution in [0.15, 0.2) is 30.7 Å². The van der Waals surface area contributed by atoms with Crippen molar-refractivity contribution >= 4 is 5.91 Å². The molecule has 2 aliphatic heterocycles. The fourth-order valence-corrected chi connectivity index (χ4v) is 3.27. The summed E-state index contributed by atoms with van der Waals surface area (Å²) in [6.45, 7) is 4.53. The smallest absolute Gasteiger partial charge is 0.231 e. The highest BCUT2D eigenvalue weighted by Crippen LogP contribution is 2.32. The molecule has 4 rings (SSSR count). The summed E-state index contributed by atoms with van der Waals surface area (Å²) in [6, 6.07) is 6.09. The molecule has 7 heteroatoms. The Labute approximate surface area is 146 Å². The number of carbonyl (C=O) groups is 1. The third-order valence-electron chi connectivity index (χ3n) is 4.73. The van der Waals surface area contributed by atoms with Gasteiger partial charge in [0.05, 0.1) is 6.33 Å². The van der Waals surface area contributed by atoms with E-state index in [4.69, 9.17) is 9.47 Å². The van der Waals surface area contributed by atoms with Crippen LogP contribution in [-0.4, -0.2) is 58.6 Å². The molecule has 132 valence electrons. The van der Waals surface area contributed by atoms with Crippen LogP contribution >= 0.6 is 0 Å². The molecule has 0 unspecified atom stereocenters. The Morgan fingerprint density at radius 2 is 2.00 bits per heavy atom. The van der Waals surface area contributed by atoms with Crippen molar-refractivity contribution in [2.75, 3.05) is 33.0 Å². The van der Waals surface area contributed by atoms with E-state index in [1.165, 1.54) is 5.56 Å². The molecular weight excluding hydrogens is 320 g/mol. The van der Waals surface area contributed by atoms with Crippen molar-refractivity contribution < 1.29 is 14.3 Å². The van der Waals surface area contributed by atoms with Crippen molar-refractivity contribution in [3.05, 3.63) is 42.0 Å². The Kier molecular flexibility index (Phi) is 4.56. The number of aryl methyl sites for hydroxylation is 1. The average molecular weight is 342 g/mol. The van der Waals surface area contributed by atoms with E-state index >= 15 is 0 Å². The van der Waals surface area contributed by atoms with E-state index in [9.17, 15) is 4.79 Å². The van der Waals surface area contributed by atoms with Crippen LogP contribution in [-0.2, 0) is 17.8 Å². The number of hydrogen-bond acceptors (Lipinski definition) is 5. The van der Waals surface area contributed by atoms with Gasteiger partial charge in [-0.15, -0.1) is 0 Å². The number of aromatic nitrogens is 2. The van der Waals surface area contributed by atoms with E-state index in [0.29, 0.717) is 13.2 Å². The van der Waals surface area contributed by atoms with E-state index in [1.807, 2.05) is 17.0 Å². The second-order valence-electron chi connectivity index (χ2n) is 6.42. The van der Waals surface area contributed by atoms with Gasteiger partial charge in [0.1, 0.15) is 0 Å². The molecule has 0 aliphatic carbocycles. The second-order valence-corrected chi connectivity index (χ2v) is 6.42. The zero-order valence-corrected chi connectivity index (χ0v) is 14.1. The summed E-state index contributed by atoms with van der Waals surface area (Å²) in [6.07, 6.45) is 4.67. The standard InChI is InChI=1S/C18H22N4O3/c23-18(4-2-15-10-19-12-20-15)22-7-5-21(6-8-22)11-14-1-3-16-17(9-14)25-13-24-16/h1,3,9-10,12H,2,4-8,11,13H2,(H,19,20). The van der Waals surface area contributed by atoms with Crippen LogP contribution in [0.1, 0.15) is 17.7 Å². The van der Waals surface area contributed by atoms with Crippen LogP contribution in [0.2, 0.25) is 0 Å². The molecular formula is C18H22N4O3. The summed E-state index contributed by atoms with van der Waals surface area (Å²) in [7, 11) is 0. The summed E-state index contributed by atoms with van der Waals surface area (Å²) < 4.78 is 10.8. The fourth-order valence-electron chi connectivity index (χ4n) is 3.27. The molecule has 7 nitrogen and oxygen atoms in total. The van der Waals surface area contributed by atoms with Crippen LogP contribution in [0, 0.1) is 0 Å². The number of amides is 1. The molecule has 1 N–H and O–H groups in total. The zero-order valence-electron chi connectivity index (χ0n) is 14.1. The van der Waals surface area contributed by atoms with Crippen molar-refractivity contribution in [1.29, 1.82) is 0 Å². The van der Waals surface area contributed by atoms with Gasteiger partial charge in [-0.1, -0.05) is 6.07 Å². The number of aromatic amines is 1. The van der Waals surface area contributed by atoms with Crippen molar-refractivity contribution in [2.45, 2.75) is 19.4 Å². The number of fused-ring (bicyclic) bond motifs is 1. The van der Waals surface area contributed by atoms with Gasteiger partial charge >= 0.3 is 0 Å².